The summed E-state index contributed by atoms with van der Waals surface area (Å²) in [6, 6.07) is 6.51. The standard InChI is InChI=1S/C57H88O41S/c58-7-17-42-26(67)34(75)50(83-17)92-43-18(8-59)85-52(36(77)28(43)69)94-45-20(10-61)87-54(38(79)30(45)71)96-47-22(12-63)89-56(40(81)32(47)73)98-49-24(14-99-16-4-1-15(2-5-16)3-6-25(65)66)90-57(41(82)33(49)74)97-48-23(13-64)88-55(39(80)31(48)72)95-46-21(11-62)86-53(37(78)29(46)70)93-44-19(9-60)84-51(91-42)35(76)27(44)68/h1-2,4-5,17-24,26-64,67-82H,3,6-14H2,(H,65,66)/t17-,18-,19+,20-,21+,22-,23+,24-,26-,27-,28-,29-,30-,31-,32-,33-,34-,35-,36+,37-,38-,39-,40+,41-,42-,43-,44-,45-,46-,47-,48-,49-,50-,51-,52-,53-,54-,55-,56-,57-/m1/s1. The fraction of sp³-hybridized carbons (Fsp3) is 0.877. The van der Waals surface area contributed by atoms with Gasteiger partial charge in [0.05, 0.1) is 52.4 Å². The zero-order valence-corrected chi connectivity index (χ0v) is 52.9. The van der Waals surface area contributed by atoms with Crippen LogP contribution in [0, 0.1) is 0 Å². The summed E-state index contributed by atoms with van der Waals surface area (Å²) in [5.74, 6) is -1.31. The van der Waals surface area contributed by atoms with Gasteiger partial charge in [-0.2, -0.15) is 0 Å². The first kappa shape index (κ1) is 79.1. The van der Waals surface area contributed by atoms with E-state index in [0.29, 0.717) is 10.5 Å². The number of ether oxygens (including phenoxy) is 16. The summed E-state index contributed by atoms with van der Waals surface area (Å²) in [6.45, 7) is -7.60. The summed E-state index contributed by atoms with van der Waals surface area (Å²) in [6.07, 6.45) is -81.9. The van der Waals surface area contributed by atoms with Gasteiger partial charge in [-0.15, -0.1) is 11.8 Å². The number of carboxylic acid groups (broad SMARTS) is 1. The molecule has 0 saturated carbocycles. The van der Waals surface area contributed by atoms with Crippen molar-refractivity contribution in [1.82, 2.24) is 0 Å². The smallest absolute Gasteiger partial charge is 0.303 e. The van der Waals surface area contributed by atoms with Crippen molar-refractivity contribution in [3.8, 4) is 0 Å². The molecule has 42 heteroatoms. The van der Waals surface area contributed by atoms with Crippen LogP contribution in [0.4, 0.5) is 0 Å². The van der Waals surface area contributed by atoms with E-state index in [1.807, 2.05) is 0 Å². The van der Waals surface area contributed by atoms with Gasteiger partial charge in [-0.3, -0.25) is 4.79 Å². The SMILES string of the molecule is O=C(O)CCc1ccc(SC[C@H]2O[C@@H]3O[C@H]4[C@H](O)[C@@H](O)[C@@H](O[C@H]5[C@H](O)[C@@H](O)[C@@H](O[C@H]6[C@H](O)[C@@H](O)[C@@H](O[C@H]7[C@H](O)[C@@H](O)[C@@H](O[C@H]8[C@H](O)[C@H](O)[C@@H](O[C@H]9[C@H](O)[C@@H](O)[C@@H](O[C@H]%10[C@H](O)[C@H](O)[C@@H](O[C@H]2[C@H](O)[C@H]3O)O[C@@H]%10CO)O[C@@H]9CO)O[C@@H]8CO)O[C@@H]7CO)O[C@H]6CO)O[C@H]5CO)O[C@H]4CO)cc1. The van der Waals surface area contributed by atoms with Crippen molar-refractivity contribution in [1.29, 1.82) is 0 Å². The molecule has 41 nitrogen and oxygen atoms in total. The third kappa shape index (κ3) is 16.7. The van der Waals surface area contributed by atoms with E-state index in [-0.39, 0.29) is 18.6 Å². The van der Waals surface area contributed by atoms with Crippen molar-refractivity contribution < 1.29 is 203 Å². The number of hydrogen-bond acceptors (Lipinski definition) is 41. The molecule has 40 atom stereocenters. The molecule has 1 aromatic carbocycles. The molecule has 0 unspecified atom stereocenters. The number of aliphatic hydroxyl groups excluding tert-OH is 23. The Bertz CT molecular complexity index is 2650. The van der Waals surface area contributed by atoms with Crippen LogP contribution in [0.3, 0.4) is 0 Å². The predicted molar refractivity (Wildman–Crippen MR) is 307 cm³/mol. The van der Waals surface area contributed by atoms with Crippen LogP contribution in [0.1, 0.15) is 12.0 Å². The van der Waals surface area contributed by atoms with Crippen LogP contribution >= 0.6 is 11.8 Å². The Morgan fingerprint density at radius 2 is 0.455 bits per heavy atom. The van der Waals surface area contributed by atoms with Gasteiger partial charge in [-0.25, -0.2) is 0 Å². The van der Waals surface area contributed by atoms with Crippen molar-refractivity contribution in [2.24, 2.45) is 0 Å². The molecular weight excluding hydrogens is 1370 g/mol. The van der Waals surface area contributed by atoms with Crippen molar-refractivity contribution >= 4 is 17.7 Å². The normalized spacial score (nSPS) is 50.5. The second-order valence-corrected chi connectivity index (χ2v) is 26.2. The van der Waals surface area contributed by atoms with Gasteiger partial charge in [0.1, 0.15) is 189 Å². The molecule has 24 N–H and O–H groups in total. The Labute approximate surface area is 564 Å². The van der Waals surface area contributed by atoms with Crippen molar-refractivity contribution in [3.63, 3.8) is 0 Å². The van der Waals surface area contributed by atoms with Gasteiger partial charge in [-0.05, 0) is 24.1 Å². The first-order valence-electron chi connectivity index (χ1n) is 31.8. The first-order chi connectivity index (χ1) is 47.2. The van der Waals surface area contributed by atoms with Gasteiger partial charge in [0.2, 0.25) is 0 Å². The summed E-state index contributed by atoms with van der Waals surface area (Å²) >= 11 is 1.04. The van der Waals surface area contributed by atoms with Crippen LogP contribution in [0.15, 0.2) is 29.2 Å². The molecule has 30 fully saturated rings. The molecule has 0 spiro atoms. The number of aliphatic hydroxyl groups is 23. The zero-order chi connectivity index (χ0) is 71.7. The van der Waals surface area contributed by atoms with E-state index in [4.69, 9.17) is 75.8 Å². The summed E-state index contributed by atoms with van der Waals surface area (Å²) < 4.78 is 93.1. The highest BCUT2D eigenvalue weighted by molar-refractivity contribution is 7.99. The minimum atomic E-state index is -2.26. The summed E-state index contributed by atoms with van der Waals surface area (Å²) in [4.78, 5) is 11.8. The fourth-order valence-electron chi connectivity index (χ4n) is 13.1. The van der Waals surface area contributed by atoms with E-state index < -0.39 is 298 Å². The van der Waals surface area contributed by atoms with Crippen LogP contribution in [0.5, 0.6) is 0 Å². The lowest BCUT2D eigenvalue weighted by atomic mass is 9.95. The summed E-state index contributed by atoms with van der Waals surface area (Å²) in [5.41, 5.74) is 0.648. The molecule has 16 bridgehead atoms. The van der Waals surface area contributed by atoms with E-state index in [2.05, 4.69) is 0 Å². The maximum Gasteiger partial charge on any atom is 0.303 e. The van der Waals surface area contributed by atoms with Crippen LogP contribution < -0.4 is 0 Å². The maximum atomic E-state index is 12.0. The number of carboxylic acids is 1. The lowest BCUT2D eigenvalue weighted by Crippen LogP contribution is -2.69. The second-order valence-electron chi connectivity index (χ2n) is 25.1. The molecule has 30 aliphatic rings. The van der Waals surface area contributed by atoms with Crippen LogP contribution in [-0.4, -0.2) is 426 Å². The largest absolute Gasteiger partial charge is 0.481 e. The predicted octanol–water partition coefficient (Wildman–Crippen LogP) is -14.6. The van der Waals surface area contributed by atoms with Gasteiger partial charge >= 0.3 is 5.97 Å². The van der Waals surface area contributed by atoms with Crippen molar-refractivity contribution in [3.05, 3.63) is 29.8 Å². The molecule has 568 valence electrons. The second kappa shape index (κ2) is 34.4. The van der Waals surface area contributed by atoms with Crippen LogP contribution in [0.25, 0.3) is 0 Å². The van der Waals surface area contributed by atoms with Crippen molar-refractivity contribution in [2.45, 2.75) is 263 Å². The van der Waals surface area contributed by atoms with Gasteiger partial charge in [-0.1, -0.05) is 12.1 Å². The topological polar surface area (TPSA) is 650 Å². The average molecular weight is 1460 g/mol. The highest BCUT2D eigenvalue weighted by atomic mass is 32.2. The minimum absolute atomic E-state index is 0.178. The Hall–Kier alpha value is -2.52. The van der Waals surface area contributed by atoms with Crippen molar-refractivity contribution in [2.75, 3.05) is 52.0 Å². The first-order valence-corrected chi connectivity index (χ1v) is 32.8. The van der Waals surface area contributed by atoms with E-state index in [1.165, 1.54) is 0 Å². The number of benzene rings is 1. The zero-order valence-electron chi connectivity index (χ0n) is 52.1. The number of rotatable bonds is 13. The Morgan fingerprint density at radius 1 is 0.273 bits per heavy atom. The van der Waals surface area contributed by atoms with E-state index in [1.54, 1.807) is 24.3 Å². The van der Waals surface area contributed by atoms with E-state index in [0.717, 1.165) is 11.8 Å². The molecule has 0 aliphatic carbocycles. The lowest BCUT2D eigenvalue weighted by Gasteiger charge is -2.50. The highest BCUT2D eigenvalue weighted by Crippen LogP contribution is 2.41. The molecule has 30 aliphatic heterocycles. The number of aryl methyl sites for hydroxylation is 1. The summed E-state index contributed by atoms with van der Waals surface area (Å²) in [5, 5.41) is 268. The number of aliphatic carboxylic acids is 1. The summed E-state index contributed by atoms with van der Waals surface area (Å²) in [7, 11) is 0. The average Bonchev–Trinajstić information content (AvgIpc) is 0.779. The number of thioether (sulfide) groups is 1. The molecule has 99 heavy (non-hydrogen) atoms. The number of hydrogen-bond donors (Lipinski definition) is 24. The molecule has 30 heterocycles. The molecule has 30 saturated heterocycles. The molecule has 0 aromatic heterocycles. The monoisotopic (exact) mass is 1460 g/mol. The third-order valence-corrected chi connectivity index (χ3v) is 19.8. The molecular formula is C57H88O41S. The Balaban J connectivity index is 0.929. The molecule has 0 radical (unpaired) electrons. The van der Waals surface area contributed by atoms with E-state index >= 15 is 0 Å². The highest BCUT2D eigenvalue weighted by Gasteiger charge is 2.60. The third-order valence-electron chi connectivity index (χ3n) is 18.7. The molecule has 31 rings (SSSR count). The van der Waals surface area contributed by atoms with Gasteiger partial charge in [0.25, 0.3) is 0 Å². The van der Waals surface area contributed by atoms with Gasteiger partial charge in [0, 0.05) is 17.1 Å². The Morgan fingerprint density at radius 3 is 0.636 bits per heavy atom. The maximum absolute atomic E-state index is 12.0. The fourth-order valence-corrected chi connectivity index (χ4v) is 14.0. The lowest BCUT2D eigenvalue weighted by molar-refractivity contribution is -0.403. The van der Waals surface area contributed by atoms with Gasteiger partial charge < -0.3 is 198 Å². The minimum Gasteiger partial charge on any atom is -0.481 e. The quantitative estimate of drug-likeness (QED) is 0.0816. The molecule has 0 amide bonds. The molecule has 1 aromatic rings. The van der Waals surface area contributed by atoms with E-state index in [9.17, 15) is 127 Å². The number of carbonyl (C=O) groups is 1. The van der Waals surface area contributed by atoms with Crippen LogP contribution in [-0.2, 0) is 87.0 Å². The Kier molecular flexibility index (Phi) is 27.4. The van der Waals surface area contributed by atoms with Gasteiger partial charge in [0.15, 0.2) is 50.3 Å². The van der Waals surface area contributed by atoms with Crippen LogP contribution in [0.2, 0.25) is 0 Å².